The number of esters is 2. The quantitative estimate of drug-likeness (QED) is 0.0200. The minimum Gasteiger partial charge on any atom is -0.462 e. The highest BCUT2D eigenvalue weighted by atomic mass is 32.7. The van der Waals surface area contributed by atoms with Crippen molar-refractivity contribution in [2.75, 3.05) is 12.4 Å². The fourth-order valence-corrected chi connectivity index (χ4v) is 9.56. The summed E-state index contributed by atoms with van der Waals surface area (Å²) in [6, 6.07) is 0. The van der Waals surface area contributed by atoms with E-state index in [-0.39, 0.29) is 25.2 Å². The van der Waals surface area contributed by atoms with E-state index < -0.39 is 61.5 Å². The summed E-state index contributed by atoms with van der Waals surface area (Å²) in [5, 5.41) is 50.2. The number of rotatable bonds is 36. The molecule has 4 unspecified atom stereocenters. The van der Waals surface area contributed by atoms with Gasteiger partial charge in [-0.05, 0) is 24.2 Å². The Bertz CT molecular complexity index is 990. The maximum atomic E-state index is 13.0. The van der Waals surface area contributed by atoms with Crippen molar-refractivity contribution in [1.29, 1.82) is 0 Å². The molecule has 0 aromatic rings. The lowest BCUT2D eigenvalue weighted by Crippen LogP contribution is -2.64. The third-order valence-electron chi connectivity index (χ3n) is 10.4. The van der Waals surface area contributed by atoms with Crippen LogP contribution in [0.5, 0.6) is 0 Å². The van der Waals surface area contributed by atoms with Gasteiger partial charge in [0, 0.05) is 18.6 Å². The van der Waals surface area contributed by atoms with Crippen molar-refractivity contribution in [2.45, 2.75) is 236 Å². The Morgan fingerprint density at radius 1 is 0.527 bits per heavy atom. The maximum absolute atomic E-state index is 13.0. The minimum absolute atomic E-state index is 0.150. The topological polar surface area (TPSA) is 200 Å². The number of carbonyl (C=O) groups excluding carboxylic acids is 2. The summed E-state index contributed by atoms with van der Waals surface area (Å²) in [5.74, 6) is -1.28. The average Bonchev–Trinajstić information content (AvgIpc) is 3.16. The van der Waals surface area contributed by atoms with Crippen LogP contribution in [0.4, 0.5) is 0 Å². The molecule has 0 heterocycles. The predicted octanol–water partition coefficient (Wildman–Crippen LogP) is 8.44. The second-order valence-corrected chi connectivity index (χ2v) is 19.5. The Morgan fingerprint density at radius 2 is 0.855 bits per heavy atom. The molecule has 0 radical (unpaired) electrons. The van der Waals surface area contributed by atoms with Crippen LogP contribution in [-0.4, -0.2) is 97.5 Å². The molecule has 0 aliphatic heterocycles. The molecule has 14 heteroatoms. The Balaban J connectivity index is 2.48. The van der Waals surface area contributed by atoms with Gasteiger partial charge >= 0.3 is 18.7 Å². The van der Waals surface area contributed by atoms with Crippen molar-refractivity contribution in [3.05, 3.63) is 0 Å². The van der Waals surface area contributed by atoms with Gasteiger partial charge in [-0.15, -0.1) is 0 Å². The normalized spacial score (nSPS) is 23.0. The molecule has 1 rings (SSSR count). The lowest BCUT2D eigenvalue weighted by Gasteiger charge is -2.41. The van der Waals surface area contributed by atoms with Crippen molar-refractivity contribution < 1.29 is 58.6 Å². The first-order valence-electron chi connectivity index (χ1n) is 21.8. The average molecular weight is 827 g/mol. The van der Waals surface area contributed by atoms with E-state index in [0.29, 0.717) is 24.2 Å². The number of ether oxygens (including phenoxy) is 2. The van der Waals surface area contributed by atoms with Crippen LogP contribution in [0.25, 0.3) is 0 Å². The molecule has 0 saturated heterocycles. The summed E-state index contributed by atoms with van der Waals surface area (Å²) in [4.78, 5) is 35.8. The Kier molecular flexibility index (Phi) is 31.5. The molecule has 6 N–H and O–H groups in total. The smallest absolute Gasteiger partial charge is 0.387 e. The van der Waals surface area contributed by atoms with E-state index in [1.807, 2.05) is 0 Å². The largest absolute Gasteiger partial charge is 0.462 e. The van der Waals surface area contributed by atoms with Crippen LogP contribution < -0.4 is 0 Å². The minimum atomic E-state index is -4.69. The van der Waals surface area contributed by atoms with E-state index in [9.17, 15) is 44.6 Å². The lowest BCUT2D eigenvalue weighted by molar-refractivity contribution is -0.217. The molecular weight excluding hydrogens is 747 g/mol. The van der Waals surface area contributed by atoms with Gasteiger partial charge in [-0.1, -0.05) is 168 Å². The number of hydrogen-bond donors (Lipinski definition) is 6. The Hall–Kier alpha value is -0.760. The van der Waals surface area contributed by atoms with Gasteiger partial charge in [-0.25, -0.2) is 4.57 Å². The molecule has 0 aromatic carbocycles. The predicted molar refractivity (Wildman–Crippen MR) is 219 cm³/mol. The molecule has 1 fully saturated rings. The van der Waals surface area contributed by atoms with E-state index in [1.165, 1.54) is 116 Å². The van der Waals surface area contributed by atoms with Crippen LogP contribution in [0.15, 0.2) is 0 Å². The number of aliphatic hydroxyl groups excluding tert-OH is 5. The first-order valence-corrected chi connectivity index (χ1v) is 25.0. The molecule has 55 heavy (non-hydrogen) atoms. The summed E-state index contributed by atoms with van der Waals surface area (Å²) in [7, 11) is 0. The van der Waals surface area contributed by atoms with Crippen LogP contribution >= 0.6 is 18.2 Å². The van der Waals surface area contributed by atoms with Gasteiger partial charge in [0.2, 0.25) is 0 Å². The molecule has 1 aliphatic rings. The highest BCUT2D eigenvalue weighted by Crippen LogP contribution is 2.58. The SMILES string of the molecule is CCCCCCCCCCCCCCCC(=O)OCC(CSP(=O)(O)OC1[C@@H](O)[C@H](O)C(O)[C@H](O)[C@@H]1O)OC(=O)CCCCCCCCCCCCCCC. The van der Waals surface area contributed by atoms with E-state index in [4.69, 9.17) is 14.0 Å². The van der Waals surface area contributed by atoms with Crippen molar-refractivity contribution in [2.24, 2.45) is 0 Å². The molecule has 12 nitrogen and oxygen atoms in total. The third kappa shape index (κ3) is 26.1. The molecule has 0 aromatic heterocycles. The summed E-state index contributed by atoms with van der Waals surface area (Å²) in [6.45, 7) is -0.555. The second-order valence-electron chi connectivity index (χ2n) is 15.6. The number of aliphatic hydroxyl groups is 5. The van der Waals surface area contributed by atoms with Gasteiger partial charge in [-0.3, -0.25) is 14.1 Å². The van der Waals surface area contributed by atoms with Crippen LogP contribution in [0.1, 0.15) is 194 Å². The zero-order chi connectivity index (χ0) is 40.7. The Morgan fingerprint density at radius 3 is 1.24 bits per heavy atom. The second kappa shape index (κ2) is 33.1. The highest BCUT2D eigenvalue weighted by Gasteiger charge is 2.51. The summed E-state index contributed by atoms with van der Waals surface area (Å²) < 4.78 is 29.0. The van der Waals surface area contributed by atoms with Crippen molar-refractivity contribution >= 4 is 30.1 Å². The van der Waals surface area contributed by atoms with Crippen LogP contribution in [0.2, 0.25) is 0 Å². The molecule has 326 valence electrons. The number of unbranched alkanes of at least 4 members (excludes halogenated alkanes) is 24. The molecule has 8 atom stereocenters. The Labute approximate surface area is 336 Å². The fourth-order valence-electron chi connectivity index (χ4n) is 6.88. The molecule has 0 spiro atoms. The highest BCUT2D eigenvalue weighted by molar-refractivity contribution is 8.54. The number of carbonyl (C=O) groups is 2. The van der Waals surface area contributed by atoms with Crippen molar-refractivity contribution in [1.82, 2.24) is 0 Å². The molecule has 1 aliphatic carbocycles. The van der Waals surface area contributed by atoms with Gasteiger partial charge in [0.1, 0.15) is 49.3 Å². The van der Waals surface area contributed by atoms with Crippen molar-refractivity contribution in [3.8, 4) is 0 Å². The molecule has 1 saturated carbocycles. The number of hydrogen-bond acceptors (Lipinski definition) is 12. The standard InChI is InChI=1S/C41H79O12PS/c1-3-5-7-9-11-13-15-17-19-21-23-25-27-29-34(42)51-31-33(32-55-54(49,50)53-41-39(47)37(45)36(44)38(46)40(41)48)52-35(43)30-28-26-24-22-20-18-16-14-12-10-8-6-4-2/h33,36-41,44-48H,3-32H2,1-2H3,(H,49,50)/t33?,36?,37-,38+,39-,40-,41?/m0/s1. The van der Waals surface area contributed by atoms with E-state index in [2.05, 4.69) is 13.8 Å². The van der Waals surface area contributed by atoms with Gasteiger partial charge in [0.15, 0.2) is 0 Å². The lowest BCUT2D eigenvalue weighted by atomic mass is 9.85. The maximum Gasteiger partial charge on any atom is 0.387 e. The van der Waals surface area contributed by atoms with Crippen LogP contribution in [0, 0.1) is 0 Å². The van der Waals surface area contributed by atoms with E-state index in [1.54, 1.807) is 0 Å². The molecule has 0 bridgehead atoms. The van der Waals surface area contributed by atoms with Gasteiger partial charge < -0.3 is 39.9 Å². The van der Waals surface area contributed by atoms with E-state index in [0.717, 1.165) is 38.5 Å². The van der Waals surface area contributed by atoms with Gasteiger partial charge in [0.05, 0.1) is 0 Å². The molecule has 0 amide bonds. The summed E-state index contributed by atoms with van der Waals surface area (Å²) in [5.41, 5.74) is 0. The zero-order valence-electron chi connectivity index (χ0n) is 34.2. The third-order valence-corrected chi connectivity index (χ3v) is 13.5. The molecular formula is C41H79O12PS. The summed E-state index contributed by atoms with van der Waals surface area (Å²) >= 11 is 0.339. The fraction of sp³-hybridized carbons (Fsp3) is 0.951. The van der Waals surface area contributed by atoms with Crippen LogP contribution in [0.3, 0.4) is 0 Å². The summed E-state index contributed by atoms with van der Waals surface area (Å²) in [6.07, 6.45) is 18.3. The zero-order valence-corrected chi connectivity index (χ0v) is 36.0. The van der Waals surface area contributed by atoms with Crippen LogP contribution in [-0.2, 0) is 28.2 Å². The first-order chi connectivity index (χ1) is 26.4. The first kappa shape index (κ1) is 52.3. The monoisotopic (exact) mass is 827 g/mol. The van der Waals surface area contributed by atoms with Crippen molar-refractivity contribution in [3.63, 3.8) is 0 Å². The van der Waals surface area contributed by atoms with Gasteiger partial charge in [-0.2, -0.15) is 0 Å². The van der Waals surface area contributed by atoms with E-state index >= 15 is 0 Å². The van der Waals surface area contributed by atoms with Gasteiger partial charge in [0.25, 0.3) is 0 Å².